The van der Waals surface area contributed by atoms with Crippen LogP contribution in [-0.2, 0) is 0 Å². The molecular weight excluding hydrogens is 342 g/mol. The van der Waals surface area contributed by atoms with Crippen LogP contribution in [-0.4, -0.2) is 24.9 Å². The van der Waals surface area contributed by atoms with Crippen LogP contribution in [0.5, 0.6) is 23.0 Å². The van der Waals surface area contributed by atoms with Crippen LogP contribution >= 0.6 is 11.3 Å². The Morgan fingerprint density at radius 2 is 1.84 bits per heavy atom. The molecule has 0 saturated carbocycles. The summed E-state index contributed by atoms with van der Waals surface area (Å²) < 4.78 is 21.0. The number of benzene rings is 2. The minimum Gasteiger partial charge on any atom is -0.497 e. The monoisotopic (exact) mass is 355 g/mol. The Bertz CT molecular complexity index is 919. The summed E-state index contributed by atoms with van der Waals surface area (Å²) >= 11 is 1.38. The van der Waals surface area contributed by atoms with Crippen molar-refractivity contribution < 1.29 is 23.7 Å². The van der Waals surface area contributed by atoms with Gasteiger partial charge in [0, 0.05) is 17.0 Å². The lowest BCUT2D eigenvalue weighted by Gasteiger charge is -2.03. The molecule has 0 fully saturated rings. The Kier molecular flexibility index (Phi) is 3.99. The normalized spacial score (nSPS) is 12.0. The van der Waals surface area contributed by atoms with Gasteiger partial charge in [-0.05, 0) is 36.4 Å². The second-order valence-electron chi connectivity index (χ2n) is 5.17. The smallest absolute Gasteiger partial charge is 0.363 e. The first-order valence-electron chi connectivity index (χ1n) is 7.45. The molecule has 0 bridgehead atoms. The van der Waals surface area contributed by atoms with Gasteiger partial charge >= 0.3 is 5.97 Å². The number of thiazole rings is 1. The van der Waals surface area contributed by atoms with Crippen LogP contribution in [0.3, 0.4) is 0 Å². The molecule has 0 unspecified atom stereocenters. The fourth-order valence-electron chi connectivity index (χ4n) is 2.33. The third kappa shape index (κ3) is 3.14. The van der Waals surface area contributed by atoms with E-state index in [-0.39, 0.29) is 12.5 Å². The van der Waals surface area contributed by atoms with E-state index in [0.717, 1.165) is 16.3 Å². The lowest BCUT2D eigenvalue weighted by Crippen LogP contribution is -2.08. The predicted octanol–water partition coefficient (Wildman–Crippen LogP) is 3.77. The molecule has 2 aromatic carbocycles. The Morgan fingerprint density at radius 3 is 2.64 bits per heavy atom. The van der Waals surface area contributed by atoms with Crippen molar-refractivity contribution in [3.8, 4) is 33.6 Å². The van der Waals surface area contributed by atoms with Crippen LogP contribution in [0.1, 0.15) is 10.5 Å². The molecule has 0 atom stereocenters. The lowest BCUT2D eigenvalue weighted by atomic mass is 10.2. The zero-order valence-electron chi connectivity index (χ0n) is 13.2. The minimum absolute atomic E-state index is 0.171. The highest BCUT2D eigenvalue weighted by atomic mass is 32.1. The molecule has 1 aliphatic rings. The maximum Gasteiger partial charge on any atom is 0.363 e. The van der Waals surface area contributed by atoms with Gasteiger partial charge in [-0.3, -0.25) is 0 Å². The second-order valence-corrected chi connectivity index (χ2v) is 6.03. The van der Waals surface area contributed by atoms with Crippen molar-refractivity contribution in [3.05, 3.63) is 53.5 Å². The number of carbonyl (C=O) groups excluding carboxylic acids is 1. The van der Waals surface area contributed by atoms with Gasteiger partial charge in [-0.2, -0.15) is 0 Å². The van der Waals surface area contributed by atoms with E-state index in [0.29, 0.717) is 17.2 Å². The second kappa shape index (κ2) is 6.45. The average Bonchev–Trinajstić information content (AvgIpc) is 3.31. The highest BCUT2D eigenvalue weighted by Crippen LogP contribution is 2.35. The van der Waals surface area contributed by atoms with E-state index in [4.69, 9.17) is 18.9 Å². The van der Waals surface area contributed by atoms with E-state index < -0.39 is 5.97 Å². The van der Waals surface area contributed by atoms with Crippen molar-refractivity contribution in [1.82, 2.24) is 4.98 Å². The first-order valence-corrected chi connectivity index (χ1v) is 8.33. The summed E-state index contributed by atoms with van der Waals surface area (Å²) in [5.41, 5.74) is 1.17. The third-order valence-electron chi connectivity index (χ3n) is 3.60. The van der Waals surface area contributed by atoms with E-state index in [1.165, 1.54) is 11.3 Å². The van der Waals surface area contributed by atoms with Gasteiger partial charge in [-0.1, -0.05) is 0 Å². The summed E-state index contributed by atoms with van der Waals surface area (Å²) in [6.07, 6.45) is 0. The van der Waals surface area contributed by atoms with Crippen molar-refractivity contribution >= 4 is 17.3 Å². The summed E-state index contributed by atoms with van der Waals surface area (Å²) in [7, 11) is 1.61. The summed E-state index contributed by atoms with van der Waals surface area (Å²) in [5.74, 6) is 1.82. The van der Waals surface area contributed by atoms with Gasteiger partial charge in [0.15, 0.2) is 17.2 Å². The number of carbonyl (C=O) groups is 1. The van der Waals surface area contributed by atoms with Crippen molar-refractivity contribution in [2.45, 2.75) is 0 Å². The largest absolute Gasteiger partial charge is 0.497 e. The fraction of sp³-hybridized carbons (Fsp3) is 0.111. The number of rotatable bonds is 4. The molecule has 0 N–H and O–H groups in total. The van der Waals surface area contributed by atoms with E-state index >= 15 is 0 Å². The standard InChI is InChI=1S/C18H13NO5S/c1-21-12-4-2-11(3-5-12)17-19-14(9-25-17)18(20)24-13-6-7-15-16(8-13)23-10-22-15/h2-9H,10H2,1H3. The molecule has 25 heavy (non-hydrogen) atoms. The molecule has 2 heterocycles. The Labute approximate surface area is 147 Å². The van der Waals surface area contributed by atoms with E-state index in [1.54, 1.807) is 30.7 Å². The molecule has 7 heteroatoms. The molecule has 4 rings (SSSR count). The first kappa shape index (κ1) is 15.5. The summed E-state index contributed by atoms with van der Waals surface area (Å²) in [5, 5.41) is 2.41. The van der Waals surface area contributed by atoms with Crippen molar-refractivity contribution in [3.63, 3.8) is 0 Å². The first-order chi connectivity index (χ1) is 12.2. The topological polar surface area (TPSA) is 66.9 Å². The van der Waals surface area contributed by atoms with Crippen LogP contribution < -0.4 is 18.9 Å². The number of fused-ring (bicyclic) bond motifs is 1. The van der Waals surface area contributed by atoms with Crippen LogP contribution in [0.4, 0.5) is 0 Å². The highest BCUT2D eigenvalue weighted by molar-refractivity contribution is 7.13. The van der Waals surface area contributed by atoms with Crippen molar-refractivity contribution in [1.29, 1.82) is 0 Å². The molecule has 0 spiro atoms. The quantitative estimate of drug-likeness (QED) is 0.524. The number of esters is 1. The average molecular weight is 355 g/mol. The molecule has 126 valence electrons. The predicted molar refractivity (Wildman–Crippen MR) is 91.6 cm³/mol. The van der Waals surface area contributed by atoms with Crippen molar-refractivity contribution in [2.24, 2.45) is 0 Å². The Morgan fingerprint density at radius 1 is 1.08 bits per heavy atom. The maximum absolute atomic E-state index is 12.3. The zero-order chi connectivity index (χ0) is 17.2. The molecule has 1 aliphatic heterocycles. The number of hydrogen-bond donors (Lipinski definition) is 0. The molecule has 1 aromatic heterocycles. The SMILES string of the molecule is COc1ccc(-c2nc(C(=O)Oc3ccc4c(c3)OCO4)cs2)cc1. The van der Waals surface area contributed by atoms with Crippen molar-refractivity contribution in [2.75, 3.05) is 13.9 Å². The number of aromatic nitrogens is 1. The van der Waals surface area contributed by atoms with Crippen LogP contribution in [0.2, 0.25) is 0 Å². The molecule has 0 amide bonds. The maximum atomic E-state index is 12.3. The van der Waals surface area contributed by atoms with E-state index in [2.05, 4.69) is 4.98 Å². The summed E-state index contributed by atoms with van der Waals surface area (Å²) in [4.78, 5) is 16.6. The van der Waals surface area contributed by atoms with Gasteiger partial charge in [0.2, 0.25) is 6.79 Å². The van der Waals surface area contributed by atoms with Gasteiger partial charge in [0.05, 0.1) is 7.11 Å². The van der Waals surface area contributed by atoms with Crippen LogP contribution in [0.25, 0.3) is 10.6 Å². The Balaban J connectivity index is 1.50. The number of methoxy groups -OCH3 is 1. The van der Waals surface area contributed by atoms with Gasteiger partial charge in [-0.15, -0.1) is 11.3 Å². The summed E-state index contributed by atoms with van der Waals surface area (Å²) in [6.45, 7) is 0.171. The molecular formula is C18H13NO5S. The highest BCUT2D eigenvalue weighted by Gasteiger charge is 2.18. The molecule has 0 aliphatic carbocycles. The van der Waals surface area contributed by atoms with Gasteiger partial charge in [0.25, 0.3) is 0 Å². The van der Waals surface area contributed by atoms with E-state index in [9.17, 15) is 4.79 Å². The lowest BCUT2D eigenvalue weighted by molar-refractivity contribution is 0.0729. The van der Waals surface area contributed by atoms with E-state index in [1.807, 2.05) is 24.3 Å². The van der Waals surface area contributed by atoms with Crippen LogP contribution in [0, 0.1) is 0 Å². The molecule has 0 radical (unpaired) electrons. The van der Waals surface area contributed by atoms with Gasteiger partial charge in [0.1, 0.15) is 16.5 Å². The van der Waals surface area contributed by atoms with Gasteiger partial charge < -0.3 is 18.9 Å². The minimum atomic E-state index is -0.519. The Hall–Kier alpha value is -3.06. The zero-order valence-corrected chi connectivity index (χ0v) is 14.0. The molecule has 3 aromatic rings. The summed E-state index contributed by atoms with van der Waals surface area (Å²) in [6, 6.07) is 12.5. The number of nitrogens with zero attached hydrogens (tertiary/aromatic N) is 1. The number of ether oxygens (including phenoxy) is 4. The molecule has 6 nitrogen and oxygen atoms in total. The van der Waals surface area contributed by atoms with Crippen LogP contribution in [0.15, 0.2) is 47.8 Å². The fourth-order valence-corrected chi connectivity index (χ4v) is 3.13. The third-order valence-corrected chi connectivity index (χ3v) is 4.50. The number of hydrogen-bond acceptors (Lipinski definition) is 7. The molecule has 0 saturated heterocycles. The van der Waals surface area contributed by atoms with Gasteiger partial charge in [-0.25, -0.2) is 9.78 Å².